The molecule has 138 valence electrons. The second-order valence-electron chi connectivity index (χ2n) is 6.34. The summed E-state index contributed by atoms with van der Waals surface area (Å²) < 4.78 is 12.7. The number of nitrogens with one attached hydrogen (secondary N) is 1. The number of fused-ring (bicyclic) bond motifs is 1. The highest BCUT2D eigenvalue weighted by atomic mass is 35.5. The molecule has 0 aliphatic rings. The first-order valence-electron chi connectivity index (χ1n) is 8.49. The van der Waals surface area contributed by atoms with Gasteiger partial charge in [0.15, 0.2) is 5.76 Å². The Morgan fingerprint density at radius 3 is 2.86 bits per heavy atom. The molecule has 0 saturated carbocycles. The van der Waals surface area contributed by atoms with E-state index in [1.807, 2.05) is 37.3 Å². The number of H-pyrrole nitrogens is 1. The molecule has 0 amide bonds. The molecule has 0 aliphatic heterocycles. The molecule has 0 fully saturated rings. The average molecular weight is 393 g/mol. The quantitative estimate of drug-likeness (QED) is 0.485. The minimum Gasteiger partial charge on any atom is -0.451 e. The Hall–Kier alpha value is -3.58. The second-order valence-corrected chi connectivity index (χ2v) is 6.77. The third kappa shape index (κ3) is 2.73. The van der Waals surface area contributed by atoms with Crippen LogP contribution in [-0.4, -0.2) is 19.7 Å². The zero-order chi connectivity index (χ0) is 19.3. The molecule has 28 heavy (non-hydrogen) atoms. The maximum Gasteiger partial charge on any atom is 0.330 e. The van der Waals surface area contributed by atoms with Crippen LogP contribution in [0.15, 0.2) is 68.5 Å². The second kappa shape index (κ2) is 6.24. The molecule has 2 aromatic carbocycles. The predicted molar refractivity (Wildman–Crippen MR) is 105 cm³/mol. The van der Waals surface area contributed by atoms with Crippen molar-refractivity contribution in [3.63, 3.8) is 0 Å². The summed E-state index contributed by atoms with van der Waals surface area (Å²) in [5.74, 6) is 1.13. The van der Waals surface area contributed by atoms with E-state index in [0.717, 1.165) is 16.6 Å². The van der Waals surface area contributed by atoms with Crippen molar-refractivity contribution < 1.29 is 8.94 Å². The van der Waals surface area contributed by atoms with E-state index in [1.165, 1.54) is 0 Å². The van der Waals surface area contributed by atoms with Crippen LogP contribution in [0.5, 0.6) is 0 Å². The zero-order valence-electron chi connectivity index (χ0n) is 14.6. The number of aryl methyl sites for hydroxylation is 1. The van der Waals surface area contributed by atoms with Gasteiger partial charge < -0.3 is 13.9 Å². The molecule has 0 aliphatic carbocycles. The highest BCUT2D eigenvalue weighted by molar-refractivity contribution is 6.31. The third-order valence-corrected chi connectivity index (χ3v) is 4.67. The summed E-state index contributed by atoms with van der Waals surface area (Å²) in [5, 5.41) is 5.53. The van der Waals surface area contributed by atoms with Crippen molar-refractivity contribution >= 4 is 22.6 Å². The van der Waals surface area contributed by atoms with Crippen LogP contribution in [0.3, 0.4) is 0 Å². The predicted octanol–water partition coefficient (Wildman–Crippen LogP) is 4.59. The fourth-order valence-electron chi connectivity index (χ4n) is 3.12. The molecule has 5 rings (SSSR count). The van der Waals surface area contributed by atoms with Crippen LogP contribution in [0.25, 0.3) is 39.7 Å². The van der Waals surface area contributed by atoms with Crippen molar-refractivity contribution in [1.82, 2.24) is 19.7 Å². The Bertz CT molecular complexity index is 1380. The molecule has 8 heteroatoms. The maximum atomic E-state index is 12.0. The molecule has 0 atom stereocenters. The number of hydrogen-bond donors (Lipinski definition) is 1. The van der Waals surface area contributed by atoms with Gasteiger partial charge in [0.05, 0.1) is 5.69 Å². The lowest BCUT2D eigenvalue weighted by Gasteiger charge is -2.04. The van der Waals surface area contributed by atoms with Crippen molar-refractivity contribution in [3.8, 4) is 28.7 Å². The Labute approximate surface area is 163 Å². The first-order valence-corrected chi connectivity index (χ1v) is 8.87. The van der Waals surface area contributed by atoms with Crippen molar-refractivity contribution in [2.75, 3.05) is 0 Å². The summed E-state index contributed by atoms with van der Waals surface area (Å²) in [5.41, 5.74) is 2.72. The molecule has 5 aromatic rings. The zero-order valence-corrected chi connectivity index (χ0v) is 15.4. The lowest BCUT2D eigenvalue weighted by molar-refractivity contribution is 0.420. The molecule has 0 spiro atoms. The van der Waals surface area contributed by atoms with Gasteiger partial charge >= 0.3 is 5.69 Å². The lowest BCUT2D eigenvalue weighted by atomic mass is 10.2. The van der Waals surface area contributed by atoms with Crippen molar-refractivity contribution in [2.45, 2.75) is 6.92 Å². The smallest absolute Gasteiger partial charge is 0.330 e. The van der Waals surface area contributed by atoms with E-state index < -0.39 is 0 Å². The maximum absolute atomic E-state index is 12.0. The molecular weight excluding hydrogens is 380 g/mol. The number of hydrogen-bond acceptors (Lipinski definition) is 5. The highest BCUT2D eigenvalue weighted by Gasteiger charge is 2.16. The normalized spacial score (nSPS) is 11.4. The van der Waals surface area contributed by atoms with Crippen LogP contribution in [0.2, 0.25) is 5.02 Å². The standard InChI is InChI=1S/C20H13ClN4O3/c1-11-10-22-20(26)25(11)15-4-2-3-12(8-15)18-23-19(28-24-18)17-9-13-7-14(21)5-6-16(13)27-17/h2-10H,1H3,(H,22,26). The molecule has 0 unspecified atom stereocenters. The largest absolute Gasteiger partial charge is 0.451 e. The average Bonchev–Trinajstić information content (AvgIpc) is 3.40. The summed E-state index contributed by atoms with van der Waals surface area (Å²) in [6, 6.07) is 14.5. The summed E-state index contributed by atoms with van der Waals surface area (Å²) in [6.45, 7) is 1.85. The molecule has 0 saturated heterocycles. The topological polar surface area (TPSA) is 89.9 Å². The molecule has 3 aromatic heterocycles. The summed E-state index contributed by atoms with van der Waals surface area (Å²) in [6.07, 6.45) is 1.66. The van der Waals surface area contributed by atoms with Gasteiger partial charge in [0.1, 0.15) is 5.58 Å². The Balaban J connectivity index is 1.54. The molecule has 7 nitrogen and oxygen atoms in total. The van der Waals surface area contributed by atoms with Crippen LogP contribution >= 0.6 is 11.6 Å². The van der Waals surface area contributed by atoms with Gasteiger partial charge in [-0.3, -0.25) is 4.57 Å². The summed E-state index contributed by atoms with van der Waals surface area (Å²) >= 11 is 6.02. The van der Waals surface area contributed by atoms with Crippen LogP contribution in [0, 0.1) is 6.92 Å². The number of aromatic nitrogens is 4. The fourth-order valence-corrected chi connectivity index (χ4v) is 3.30. The van der Waals surface area contributed by atoms with Gasteiger partial charge in [0.2, 0.25) is 5.82 Å². The lowest BCUT2D eigenvalue weighted by Crippen LogP contribution is -2.15. The van der Waals surface area contributed by atoms with E-state index in [0.29, 0.717) is 27.9 Å². The first kappa shape index (κ1) is 16.6. The fraction of sp³-hybridized carbons (Fsp3) is 0.0500. The first-order chi connectivity index (χ1) is 13.6. The van der Waals surface area contributed by atoms with Gasteiger partial charge in [0.25, 0.3) is 5.89 Å². The number of aromatic amines is 1. The molecule has 0 bridgehead atoms. The van der Waals surface area contributed by atoms with E-state index >= 15 is 0 Å². The van der Waals surface area contributed by atoms with Crippen molar-refractivity contribution in [3.05, 3.63) is 75.9 Å². The van der Waals surface area contributed by atoms with Gasteiger partial charge in [0, 0.05) is 27.9 Å². The third-order valence-electron chi connectivity index (χ3n) is 4.44. The van der Waals surface area contributed by atoms with Crippen molar-refractivity contribution in [1.29, 1.82) is 0 Å². The molecule has 1 N–H and O–H groups in total. The van der Waals surface area contributed by atoms with Crippen molar-refractivity contribution in [2.24, 2.45) is 0 Å². The monoisotopic (exact) mass is 392 g/mol. The molecule has 3 heterocycles. The van der Waals surface area contributed by atoms with E-state index in [1.54, 1.807) is 29.0 Å². The van der Waals surface area contributed by atoms with Gasteiger partial charge in [-0.25, -0.2) is 4.79 Å². The van der Waals surface area contributed by atoms with E-state index in [9.17, 15) is 4.79 Å². The van der Waals surface area contributed by atoms with E-state index in [-0.39, 0.29) is 11.6 Å². The van der Waals surface area contributed by atoms with Gasteiger partial charge in [-0.05, 0) is 43.3 Å². The Morgan fingerprint density at radius 1 is 1.14 bits per heavy atom. The summed E-state index contributed by atoms with van der Waals surface area (Å²) in [4.78, 5) is 19.1. The van der Waals surface area contributed by atoms with Crippen LogP contribution in [0.1, 0.15) is 5.69 Å². The van der Waals surface area contributed by atoms with Gasteiger partial charge in [-0.1, -0.05) is 28.9 Å². The number of furan rings is 1. The van der Waals surface area contributed by atoms with Crippen LogP contribution in [0.4, 0.5) is 0 Å². The van der Waals surface area contributed by atoms with E-state index in [2.05, 4.69) is 15.1 Å². The van der Waals surface area contributed by atoms with E-state index in [4.69, 9.17) is 20.5 Å². The van der Waals surface area contributed by atoms with Gasteiger partial charge in [-0.15, -0.1) is 0 Å². The molecular formula is C20H13ClN4O3. The highest BCUT2D eigenvalue weighted by Crippen LogP contribution is 2.30. The van der Waals surface area contributed by atoms with Gasteiger partial charge in [-0.2, -0.15) is 4.98 Å². The number of benzene rings is 2. The van der Waals surface area contributed by atoms with Crippen LogP contribution in [-0.2, 0) is 0 Å². The summed E-state index contributed by atoms with van der Waals surface area (Å²) in [7, 11) is 0. The minimum absolute atomic E-state index is 0.204. The number of imidazole rings is 1. The SMILES string of the molecule is Cc1c[nH]c(=O)n1-c1cccc(-c2noc(-c3cc4cc(Cl)ccc4o3)n2)c1. The minimum atomic E-state index is -0.204. The number of rotatable bonds is 3. The Kier molecular flexibility index (Phi) is 3.70. The number of nitrogens with zero attached hydrogens (tertiary/aromatic N) is 3. The Morgan fingerprint density at radius 2 is 2.04 bits per heavy atom. The van der Waals surface area contributed by atoms with Crippen LogP contribution < -0.4 is 5.69 Å². The molecule has 0 radical (unpaired) electrons. The number of halogens is 1.